The van der Waals surface area contributed by atoms with Crippen LogP contribution < -0.4 is 0 Å². The lowest BCUT2D eigenvalue weighted by Crippen LogP contribution is -2.12. The first-order chi connectivity index (χ1) is 10.8. The molecule has 0 spiro atoms. The molecule has 1 aromatic heterocycles. The lowest BCUT2D eigenvalue weighted by Gasteiger charge is -2.26. The van der Waals surface area contributed by atoms with Crippen LogP contribution in [-0.4, -0.2) is 9.97 Å². The smallest absolute Gasteiger partial charge is 0.159 e. The third kappa shape index (κ3) is 3.56. The summed E-state index contributed by atoms with van der Waals surface area (Å²) in [6.07, 6.45) is 13.5. The molecule has 3 rings (SSSR count). The van der Waals surface area contributed by atoms with Crippen LogP contribution in [0.2, 0.25) is 5.02 Å². The highest BCUT2D eigenvalue weighted by Crippen LogP contribution is 2.36. The number of hydrogen-bond acceptors (Lipinski definition) is 2. The van der Waals surface area contributed by atoms with Crippen LogP contribution in [0.4, 0.5) is 0 Å². The quantitative estimate of drug-likeness (QED) is 0.685. The summed E-state index contributed by atoms with van der Waals surface area (Å²) in [5, 5.41) is 0.734. The van der Waals surface area contributed by atoms with Gasteiger partial charge in [0, 0.05) is 23.0 Å². The Hall–Kier alpha value is -1.67. The van der Waals surface area contributed by atoms with Gasteiger partial charge in [-0.05, 0) is 74.3 Å². The SMILES string of the molecule is CC=C[C@H]1CC[C@H](c2cnc(-c3ccc(Cl)cc3)nc2)CC1. The van der Waals surface area contributed by atoms with Crippen LogP contribution in [0.15, 0.2) is 48.8 Å². The lowest BCUT2D eigenvalue weighted by atomic mass is 9.79. The topological polar surface area (TPSA) is 25.8 Å². The van der Waals surface area contributed by atoms with Gasteiger partial charge in [0.2, 0.25) is 0 Å². The van der Waals surface area contributed by atoms with Crippen molar-refractivity contribution in [2.24, 2.45) is 5.92 Å². The molecule has 2 nitrogen and oxygen atoms in total. The fourth-order valence-corrected chi connectivity index (χ4v) is 3.34. The molecule has 3 heteroatoms. The number of rotatable bonds is 3. The first-order valence-electron chi connectivity index (χ1n) is 7.97. The van der Waals surface area contributed by atoms with E-state index in [1.165, 1.54) is 31.2 Å². The normalized spacial score (nSPS) is 22.1. The van der Waals surface area contributed by atoms with Crippen LogP contribution in [0.1, 0.15) is 44.1 Å². The molecular weight excluding hydrogens is 292 g/mol. The van der Waals surface area contributed by atoms with Crippen molar-refractivity contribution in [3.05, 3.63) is 59.4 Å². The Morgan fingerprint density at radius 3 is 2.23 bits per heavy atom. The number of nitrogens with zero attached hydrogens (tertiary/aromatic N) is 2. The molecule has 0 radical (unpaired) electrons. The van der Waals surface area contributed by atoms with E-state index in [0.717, 1.165) is 22.3 Å². The minimum atomic E-state index is 0.612. The van der Waals surface area contributed by atoms with Crippen molar-refractivity contribution in [3.8, 4) is 11.4 Å². The largest absolute Gasteiger partial charge is 0.236 e. The van der Waals surface area contributed by atoms with Gasteiger partial charge < -0.3 is 0 Å². The molecule has 0 aliphatic heterocycles. The molecule has 1 fully saturated rings. The Morgan fingerprint density at radius 2 is 1.64 bits per heavy atom. The minimum Gasteiger partial charge on any atom is -0.236 e. The highest BCUT2D eigenvalue weighted by atomic mass is 35.5. The van der Waals surface area contributed by atoms with Crippen molar-refractivity contribution < 1.29 is 0 Å². The fourth-order valence-electron chi connectivity index (χ4n) is 3.21. The standard InChI is InChI=1S/C19H21ClN2/c1-2-3-14-4-6-15(7-5-14)17-12-21-19(22-13-17)16-8-10-18(20)11-9-16/h2-3,8-15H,4-7H2,1H3/t14-,15-. The Morgan fingerprint density at radius 1 is 1.00 bits per heavy atom. The van der Waals surface area contributed by atoms with Gasteiger partial charge in [0.05, 0.1) is 0 Å². The molecule has 2 aromatic rings. The summed E-state index contributed by atoms with van der Waals surface area (Å²) >= 11 is 5.91. The van der Waals surface area contributed by atoms with Gasteiger partial charge in [-0.2, -0.15) is 0 Å². The molecule has 0 unspecified atom stereocenters. The van der Waals surface area contributed by atoms with E-state index in [2.05, 4.69) is 29.0 Å². The van der Waals surface area contributed by atoms with Gasteiger partial charge >= 0.3 is 0 Å². The van der Waals surface area contributed by atoms with Gasteiger partial charge in [0.25, 0.3) is 0 Å². The summed E-state index contributed by atoms with van der Waals surface area (Å²) in [7, 11) is 0. The number of allylic oxidation sites excluding steroid dienone is 2. The number of halogens is 1. The second kappa shape index (κ2) is 7.06. The summed E-state index contributed by atoms with van der Waals surface area (Å²) in [6, 6.07) is 7.66. The summed E-state index contributed by atoms with van der Waals surface area (Å²) < 4.78 is 0. The molecule has 1 aliphatic rings. The highest BCUT2D eigenvalue weighted by Gasteiger charge is 2.21. The predicted molar refractivity (Wildman–Crippen MR) is 92.0 cm³/mol. The zero-order chi connectivity index (χ0) is 15.4. The maximum absolute atomic E-state index is 5.91. The average molecular weight is 313 g/mol. The van der Waals surface area contributed by atoms with Gasteiger partial charge in [-0.3, -0.25) is 0 Å². The van der Waals surface area contributed by atoms with Crippen molar-refractivity contribution in [1.29, 1.82) is 0 Å². The molecule has 114 valence electrons. The van der Waals surface area contributed by atoms with Crippen LogP contribution >= 0.6 is 11.6 Å². The molecule has 0 bridgehead atoms. The van der Waals surface area contributed by atoms with Crippen LogP contribution in [-0.2, 0) is 0 Å². The van der Waals surface area contributed by atoms with Gasteiger partial charge in [0.1, 0.15) is 0 Å². The second-order valence-electron chi connectivity index (χ2n) is 5.98. The molecule has 1 heterocycles. The van der Waals surface area contributed by atoms with Crippen molar-refractivity contribution in [1.82, 2.24) is 9.97 Å². The maximum Gasteiger partial charge on any atom is 0.159 e. The average Bonchev–Trinajstić information content (AvgIpc) is 2.57. The molecular formula is C19H21ClN2. The van der Waals surface area contributed by atoms with E-state index in [0.29, 0.717) is 5.92 Å². The van der Waals surface area contributed by atoms with E-state index in [9.17, 15) is 0 Å². The van der Waals surface area contributed by atoms with Gasteiger partial charge in [-0.15, -0.1) is 0 Å². The highest BCUT2D eigenvalue weighted by molar-refractivity contribution is 6.30. The molecule has 1 saturated carbocycles. The summed E-state index contributed by atoms with van der Waals surface area (Å²) in [5.41, 5.74) is 2.28. The van der Waals surface area contributed by atoms with Gasteiger partial charge in [-0.1, -0.05) is 23.8 Å². The third-order valence-electron chi connectivity index (χ3n) is 4.48. The molecule has 1 aromatic carbocycles. The van der Waals surface area contributed by atoms with E-state index in [1.807, 2.05) is 36.7 Å². The van der Waals surface area contributed by atoms with Gasteiger partial charge in [-0.25, -0.2) is 9.97 Å². The number of aromatic nitrogens is 2. The van der Waals surface area contributed by atoms with Crippen molar-refractivity contribution >= 4 is 11.6 Å². The lowest BCUT2D eigenvalue weighted by molar-refractivity contribution is 0.375. The monoisotopic (exact) mass is 312 g/mol. The molecule has 1 aliphatic carbocycles. The zero-order valence-electron chi connectivity index (χ0n) is 12.9. The Kier molecular flexibility index (Phi) is 4.89. The summed E-state index contributed by atoms with van der Waals surface area (Å²) in [5.74, 6) is 2.14. The van der Waals surface area contributed by atoms with E-state index in [4.69, 9.17) is 11.6 Å². The second-order valence-corrected chi connectivity index (χ2v) is 6.42. The van der Waals surface area contributed by atoms with E-state index in [-0.39, 0.29) is 0 Å². The van der Waals surface area contributed by atoms with E-state index < -0.39 is 0 Å². The van der Waals surface area contributed by atoms with E-state index in [1.54, 1.807) is 0 Å². The Labute approximate surface area is 137 Å². The first-order valence-corrected chi connectivity index (χ1v) is 8.34. The van der Waals surface area contributed by atoms with Crippen molar-refractivity contribution in [2.75, 3.05) is 0 Å². The number of benzene rings is 1. The summed E-state index contributed by atoms with van der Waals surface area (Å²) in [4.78, 5) is 9.08. The Bertz CT molecular complexity index is 623. The summed E-state index contributed by atoms with van der Waals surface area (Å²) in [6.45, 7) is 2.11. The molecule has 0 atom stereocenters. The van der Waals surface area contributed by atoms with Crippen molar-refractivity contribution in [3.63, 3.8) is 0 Å². The molecule has 0 saturated heterocycles. The predicted octanol–water partition coefficient (Wildman–Crippen LogP) is 5.65. The van der Waals surface area contributed by atoms with Gasteiger partial charge in [0.15, 0.2) is 5.82 Å². The molecule has 0 amide bonds. The molecule has 0 N–H and O–H groups in total. The minimum absolute atomic E-state index is 0.612. The van der Waals surface area contributed by atoms with Crippen molar-refractivity contribution in [2.45, 2.75) is 38.5 Å². The van der Waals surface area contributed by atoms with Crippen LogP contribution in [0.5, 0.6) is 0 Å². The van der Waals surface area contributed by atoms with E-state index >= 15 is 0 Å². The van der Waals surface area contributed by atoms with Crippen LogP contribution in [0, 0.1) is 5.92 Å². The first kappa shape index (κ1) is 15.2. The zero-order valence-corrected chi connectivity index (χ0v) is 13.6. The fraction of sp³-hybridized carbons (Fsp3) is 0.368. The number of hydrogen-bond donors (Lipinski definition) is 0. The Balaban J connectivity index is 1.68. The third-order valence-corrected chi connectivity index (χ3v) is 4.73. The molecule has 22 heavy (non-hydrogen) atoms. The maximum atomic E-state index is 5.91. The van der Waals surface area contributed by atoms with Crippen LogP contribution in [0.25, 0.3) is 11.4 Å². The van der Waals surface area contributed by atoms with Crippen LogP contribution in [0.3, 0.4) is 0 Å².